The van der Waals surface area contributed by atoms with Crippen molar-refractivity contribution in [1.29, 1.82) is 0 Å². The number of carbonyl (C=O) groups is 1. The maximum Gasteiger partial charge on any atom is 0.320 e. The molecule has 0 aliphatic carbocycles. The van der Waals surface area contributed by atoms with Crippen LogP contribution in [0.3, 0.4) is 0 Å². The minimum atomic E-state index is -0.738. The molecule has 1 rings (SSSR count). The molecule has 1 aliphatic heterocycles. The van der Waals surface area contributed by atoms with E-state index in [1.54, 1.807) is 0 Å². The molecule has 0 radical (unpaired) electrons. The Labute approximate surface area is 99.8 Å². The van der Waals surface area contributed by atoms with E-state index in [2.05, 4.69) is 5.32 Å². The highest BCUT2D eigenvalue weighted by atomic mass is 32.2. The average Bonchev–Trinajstić information content (AvgIpc) is 2.18. The topological polar surface area (TPSA) is 49.3 Å². The molecule has 88 valence electrons. The molecule has 1 saturated heterocycles. The van der Waals surface area contributed by atoms with Crippen LogP contribution in [0.5, 0.6) is 0 Å². The zero-order valence-electron chi connectivity index (χ0n) is 9.23. The van der Waals surface area contributed by atoms with Gasteiger partial charge in [0.1, 0.15) is 6.04 Å². The number of aliphatic carboxylic acids is 1. The van der Waals surface area contributed by atoms with Crippen molar-refractivity contribution >= 4 is 29.5 Å². The Morgan fingerprint density at radius 2 is 2.27 bits per heavy atom. The molecule has 5 heteroatoms. The highest BCUT2D eigenvalue weighted by molar-refractivity contribution is 8.06. The lowest BCUT2D eigenvalue weighted by Gasteiger charge is -2.24. The van der Waals surface area contributed by atoms with Gasteiger partial charge < -0.3 is 10.4 Å². The molecule has 1 heterocycles. The largest absolute Gasteiger partial charge is 0.480 e. The molecule has 1 aliphatic rings. The lowest BCUT2D eigenvalue weighted by atomic mass is 10.0. The second-order valence-electron chi connectivity index (χ2n) is 4.04. The minimum Gasteiger partial charge on any atom is -0.480 e. The van der Waals surface area contributed by atoms with Gasteiger partial charge >= 0.3 is 5.97 Å². The Morgan fingerprint density at radius 1 is 1.53 bits per heavy atom. The lowest BCUT2D eigenvalue weighted by Crippen LogP contribution is -2.44. The normalized spacial score (nSPS) is 24.1. The van der Waals surface area contributed by atoms with Crippen LogP contribution in [-0.4, -0.2) is 46.2 Å². The van der Waals surface area contributed by atoms with E-state index in [1.165, 1.54) is 11.5 Å². The molecule has 1 fully saturated rings. The quantitative estimate of drug-likeness (QED) is 0.774. The standard InChI is InChI=1S/C10H19NO2S2/c1-7(2)9(10(12)13)11-5-8-6-14-3-4-15-8/h7-9,11H,3-6H2,1-2H3,(H,12,13). The van der Waals surface area contributed by atoms with Crippen LogP contribution in [0.15, 0.2) is 0 Å². The summed E-state index contributed by atoms with van der Waals surface area (Å²) >= 11 is 3.92. The lowest BCUT2D eigenvalue weighted by molar-refractivity contribution is -0.140. The molecule has 2 atom stereocenters. The molecule has 0 aromatic rings. The highest BCUT2D eigenvalue weighted by Gasteiger charge is 2.23. The minimum absolute atomic E-state index is 0.142. The van der Waals surface area contributed by atoms with Gasteiger partial charge in [0.2, 0.25) is 0 Å². The number of hydrogen-bond acceptors (Lipinski definition) is 4. The first-order chi connectivity index (χ1) is 7.11. The molecule has 3 nitrogen and oxygen atoms in total. The van der Waals surface area contributed by atoms with Gasteiger partial charge in [0, 0.05) is 29.1 Å². The summed E-state index contributed by atoms with van der Waals surface area (Å²) in [7, 11) is 0. The van der Waals surface area contributed by atoms with Gasteiger partial charge in [-0.15, -0.1) is 0 Å². The molecule has 2 N–H and O–H groups in total. The smallest absolute Gasteiger partial charge is 0.320 e. The van der Waals surface area contributed by atoms with Gasteiger partial charge in [-0.1, -0.05) is 13.8 Å². The van der Waals surface area contributed by atoms with E-state index >= 15 is 0 Å². The second-order valence-corrected chi connectivity index (χ2v) is 6.59. The molecule has 0 bridgehead atoms. The van der Waals surface area contributed by atoms with Crippen molar-refractivity contribution in [3.8, 4) is 0 Å². The Kier molecular flexibility index (Phi) is 5.86. The van der Waals surface area contributed by atoms with Gasteiger partial charge in [-0.3, -0.25) is 4.79 Å². The van der Waals surface area contributed by atoms with Crippen molar-refractivity contribution in [3.63, 3.8) is 0 Å². The molecule has 0 spiro atoms. The average molecular weight is 249 g/mol. The molecule has 0 aromatic heterocycles. The third-order valence-electron chi connectivity index (χ3n) is 2.38. The summed E-state index contributed by atoms with van der Waals surface area (Å²) in [5, 5.41) is 12.7. The number of hydrogen-bond donors (Lipinski definition) is 2. The molecular formula is C10H19NO2S2. The van der Waals surface area contributed by atoms with Crippen molar-refractivity contribution in [3.05, 3.63) is 0 Å². The number of carboxylic acids is 1. The number of carboxylic acid groups (broad SMARTS) is 1. The molecule has 15 heavy (non-hydrogen) atoms. The fourth-order valence-electron chi connectivity index (χ4n) is 1.52. The Hall–Kier alpha value is 0.130. The van der Waals surface area contributed by atoms with Crippen molar-refractivity contribution < 1.29 is 9.90 Å². The van der Waals surface area contributed by atoms with Crippen LogP contribution < -0.4 is 5.32 Å². The van der Waals surface area contributed by atoms with Gasteiger partial charge in [0.15, 0.2) is 0 Å². The fourth-order valence-corrected chi connectivity index (χ4v) is 4.15. The number of nitrogens with one attached hydrogen (secondary N) is 1. The SMILES string of the molecule is CC(C)C(NCC1CSCCS1)C(=O)O. The number of rotatable bonds is 5. The van der Waals surface area contributed by atoms with Crippen LogP contribution in [0.4, 0.5) is 0 Å². The zero-order valence-corrected chi connectivity index (χ0v) is 10.9. The summed E-state index contributed by atoms with van der Waals surface area (Å²) in [5.41, 5.74) is 0. The molecule has 0 amide bonds. The van der Waals surface area contributed by atoms with Crippen LogP contribution in [0.1, 0.15) is 13.8 Å². The van der Waals surface area contributed by atoms with E-state index in [1.807, 2.05) is 37.4 Å². The summed E-state index contributed by atoms with van der Waals surface area (Å²) in [5.74, 6) is 2.97. The summed E-state index contributed by atoms with van der Waals surface area (Å²) in [6.45, 7) is 4.69. The van der Waals surface area contributed by atoms with Crippen molar-refractivity contribution in [2.24, 2.45) is 5.92 Å². The first-order valence-electron chi connectivity index (χ1n) is 5.26. The Bertz CT molecular complexity index is 206. The van der Waals surface area contributed by atoms with E-state index in [4.69, 9.17) is 5.11 Å². The molecule has 0 aromatic carbocycles. The van der Waals surface area contributed by atoms with Crippen LogP contribution in [0.25, 0.3) is 0 Å². The first-order valence-corrected chi connectivity index (χ1v) is 7.47. The van der Waals surface area contributed by atoms with Crippen LogP contribution in [-0.2, 0) is 4.79 Å². The third kappa shape index (κ3) is 4.66. The summed E-state index contributed by atoms with van der Waals surface area (Å²) in [6, 6.07) is -0.405. The third-order valence-corrected chi connectivity index (χ3v) is 5.23. The van der Waals surface area contributed by atoms with Crippen LogP contribution >= 0.6 is 23.5 Å². The van der Waals surface area contributed by atoms with Gasteiger partial charge in [-0.2, -0.15) is 23.5 Å². The van der Waals surface area contributed by atoms with E-state index in [9.17, 15) is 4.79 Å². The fraction of sp³-hybridized carbons (Fsp3) is 0.900. The van der Waals surface area contributed by atoms with Crippen LogP contribution in [0.2, 0.25) is 0 Å². The monoisotopic (exact) mass is 249 g/mol. The second kappa shape index (κ2) is 6.66. The maximum absolute atomic E-state index is 10.9. The molecule has 2 unspecified atom stereocenters. The van der Waals surface area contributed by atoms with E-state index in [-0.39, 0.29) is 5.92 Å². The summed E-state index contributed by atoms with van der Waals surface area (Å²) < 4.78 is 0. The van der Waals surface area contributed by atoms with E-state index in [0.29, 0.717) is 5.25 Å². The van der Waals surface area contributed by atoms with Crippen molar-refractivity contribution in [2.45, 2.75) is 25.1 Å². The predicted octanol–water partition coefficient (Wildman–Crippen LogP) is 1.53. The van der Waals surface area contributed by atoms with Gasteiger partial charge in [-0.25, -0.2) is 0 Å². The maximum atomic E-state index is 10.9. The zero-order chi connectivity index (χ0) is 11.3. The van der Waals surface area contributed by atoms with Gasteiger partial charge in [0.05, 0.1) is 0 Å². The van der Waals surface area contributed by atoms with Crippen molar-refractivity contribution in [1.82, 2.24) is 5.32 Å². The molecular weight excluding hydrogens is 230 g/mol. The Morgan fingerprint density at radius 3 is 2.73 bits per heavy atom. The van der Waals surface area contributed by atoms with Crippen molar-refractivity contribution in [2.75, 3.05) is 23.8 Å². The van der Waals surface area contributed by atoms with Gasteiger partial charge in [0.25, 0.3) is 0 Å². The molecule has 0 saturated carbocycles. The van der Waals surface area contributed by atoms with E-state index < -0.39 is 12.0 Å². The summed E-state index contributed by atoms with van der Waals surface area (Å²) in [4.78, 5) is 10.9. The number of thioether (sulfide) groups is 2. The highest BCUT2D eigenvalue weighted by Crippen LogP contribution is 2.23. The Balaban J connectivity index is 2.29. The first kappa shape index (κ1) is 13.2. The van der Waals surface area contributed by atoms with Crippen LogP contribution in [0, 0.1) is 5.92 Å². The van der Waals surface area contributed by atoms with E-state index in [0.717, 1.165) is 12.3 Å². The predicted molar refractivity (Wildman–Crippen MR) is 67.8 cm³/mol. The van der Waals surface area contributed by atoms with Gasteiger partial charge in [-0.05, 0) is 5.92 Å². The summed E-state index contributed by atoms with van der Waals surface area (Å²) in [6.07, 6.45) is 0.